The molecule has 0 fully saturated rings. The van der Waals surface area contributed by atoms with E-state index < -0.39 is 23.9 Å². The van der Waals surface area contributed by atoms with Crippen LogP contribution in [0.15, 0.2) is 34.4 Å². The first-order chi connectivity index (χ1) is 9.31. The number of rotatable bonds is 4. The van der Waals surface area contributed by atoms with Crippen molar-refractivity contribution in [3.8, 4) is 5.75 Å². The summed E-state index contributed by atoms with van der Waals surface area (Å²) in [6, 6.07) is 6.76. The van der Waals surface area contributed by atoms with Crippen molar-refractivity contribution in [2.45, 2.75) is 13.8 Å². The largest absolute Gasteiger partial charge is 0.437 e. The number of anilines is 1. The molecule has 1 aromatic carbocycles. The number of benzene rings is 1. The van der Waals surface area contributed by atoms with Crippen molar-refractivity contribution in [1.29, 1.82) is 0 Å². The lowest BCUT2D eigenvalue weighted by atomic mass is 10.3. The van der Waals surface area contributed by atoms with Gasteiger partial charge in [-0.15, -0.1) is 0 Å². The standard InChI is InChI=1S/C12H15NO5S2/c1-3-19(14,15)12(20(16,17)4-2)11-13-9-7-5-6-8-10(9)18-11/h5-8,13H,3-4H2,1-2H3. The minimum absolute atomic E-state index is 0.241. The molecule has 0 bridgehead atoms. The van der Waals surface area contributed by atoms with Crippen LogP contribution in [-0.4, -0.2) is 28.3 Å². The van der Waals surface area contributed by atoms with E-state index in [1.165, 1.54) is 13.8 Å². The molecule has 0 saturated carbocycles. The lowest BCUT2D eigenvalue weighted by Crippen LogP contribution is -2.22. The molecule has 0 spiro atoms. The van der Waals surface area contributed by atoms with Gasteiger partial charge >= 0.3 is 0 Å². The molecule has 2 rings (SSSR count). The highest BCUT2D eigenvalue weighted by Gasteiger charge is 2.36. The van der Waals surface area contributed by atoms with Crippen molar-refractivity contribution in [2.24, 2.45) is 0 Å². The number of ether oxygens (including phenoxy) is 1. The topological polar surface area (TPSA) is 89.5 Å². The molecule has 0 unspecified atom stereocenters. The van der Waals surface area contributed by atoms with Crippen LogP contribution in [0, 0.1) is 0 Å². The SMILES string of the molecule is CCS(=O)(=O)C(=C1Nc2ccccc2O1)S(=O)(=O)CC. The second-order valence-electron chi connectivity index (χ2n) is 4.15. The first-order valence-electron chi connectivity index (χ1n) is 6.05. The van der Waals surface area contributed by atoms with Gasteiger partial charge in [0.25, 0.3) is 0 Å². The Morgan fingerprint density at radius 2 is 1.60 bits per heavy atom. The van der Waals surface area contributed by atoms with Crippen LogP contribution in [0.2, 0.25) is 0 Å². The summed E-state index contributed by atoms with van der Waals surface area (Å²) in [5.74, 6) is -0.466. The Hall–Kier alpha value is -1.54. The molecule has 1 heterocycles. The van der Waals surface area contributed by atoms with Gasteiger partial charge in [-0.2, -0.15) is 0 Å². The van der Waals surface area contributed by atoms with Gasteiger partial charge in [0.1, 0.15) is 0 Å². The van der Waals surface area contributed by atoms with Gasteiger partial charge in [-0.1, -0.05) is 26.0 Å². The molecule has 0 saturated heterocycles. The molecule has 20 heavy (non-hydrogen) atoms. The number of para-hydroxylation sites is 2. The Balaban J connectivity index is 2.64. The average molecular weight is 317 g/mol. The molecular weight excluding hydrogens is 302 g/mol. The van der Waals surface area contributed by atoms with E-state index in [2.05, 4.69) is 5.32 Å². The quantitative estimate of drug-likeness (QED) is 0.905. The third-order valence-corrected chi connectivity index (χ3v) is 7.40. The van der Waals surface area contributed by atoms with E-state index in [9.17, 15) is 16.8 Å². The first-order valence-corrected chi connectivity index (χ1v) is 9.36. The van der Waals surface area contributed by atoms with E-state index in [1.807, 2.05) is 0 Å². The third-order valence-electron chi connectivity index (χ3n) is 2.86. The van der Waals surface area contributed by atoms with E-state index in [4.69, 9.17) is 4.74 Å². The normalized spacial score (nSPS) is 14.4. The summed E-state index contributed by atoms with van der Waals surface area (Å²) in [4.78, 5) is 0. The average Bonchev–Trinajstić information content (AvgIpc) is 2.80. The van der Waals surface area contributed by atoms with E-state index in [1.54, 1.807) is 24.3 Å². The van der Waals surface area contributed by atoms with E-state index in [0.29, 0.717) is 11.4 Å². The molecule has 8 heteroatoms. The number of nitrogens with one attached hydrogen (secondary N) is 1. The molecule has 1 aliphatic heterocycles. The summed E-state index contributed by atoms with van der Waals surface area (Å²) in [5, 5.41) is 2.71. The molecular formula is C12H15NO5S2. The molecule has 6 nitrogen and oxygen atoms in total. The highest BCUT2D eigenvalue weighted by atomic mass is 32.3. The van der Waals surface area contributed by atoms with Crippen LogP contribution < -0.4 is 10.1 Å². The van der Waals surface area contributed by atoms with Crippen LogP contribution in [0.5, 0.6) is 5.75 Å². The van der Waals surface area contributed by atoms with E-state index >= 15 is 0 Å². The van der Waals surface area contributed by atoms with Crippen molar-refractivity contribution in [3.63, 3.8) is 0 Å². The zero-order valence-electron chi connectivity index (χ0n) is 11.1. The third kappa shape index (κ3) is 2.53. The van der Waals surface area contributed by atoms with Crippen molar-refractivity contribution in [2.75, 3.05) is 16.8 Å². The van der Waals surface area contributed by atoms with Crippen LogP contribution >= 0.6 is 0 Å². The van der Waals surface area contributed by atoms with Crippen molar-refractivity contribution in [1.82, 2.24) is 0 Å². The minimum atomic E-state index is -3.93. The number of hydrogen-bond donors (Lipinski definition) is 1. The lowest BCUT2D eigenvalue weighted by molar-refractivity contribution is 0.455. The van der Waals surface area contributed by atoms with Crippen LogP contribution in [0.1, 0.15) is 13.8 Å². The minimum Gasteiger partial charge on any atom is -0.437 e. The molecule has 0 atom stereocenters. The van der Waals surface area contributed by atoms with Gasteiger partial charge in [-0.05, 0) is 12.1 Å². The van der Waals surface area contributed by atoms with Gasteiger partial charge in [-0.3, -0.25) is 0 Å². The number of hydrogen-bond acceptors (Lipinski definition) is 6. The number of fused-ring (bicyclic) bond motifs is 1. The fourth-order valence-corrected chi connectivity index (χ4v) is 5.28. The van der Waals surface area contributed by atoms with Crippen LogP contribution in [-0.2, 0) is 19.7 Å². The maximum absolute atomic E-state index is 12.1. The summed E-state index contributed by atoms with van der Waals surface area (Å²) in [5.41, 5.74) is 0.539. The Labute approximate surface area is 118 Å². The molecule has 1 aliphatic rings. The molecule has 110 valence electrons. The van der Waals surface area contributed by atoms with Gasteiger partial charge in [0.2, 0.25) is 10.1 Å². The zero-order valence-corrected chi connectivity index (χ0v) is 12.7. The van der Waals surface area contributed by atoms with Gasteiger partial charge < -0.3 is 10.1 Å². The smallest absolute Gasteiger partial charge is 0.228 e. The van der Waals surface area contributed by atoms with Gasteiger partial charge in [0.05, 0.1) is 17.2 Å². The predicted molar refractivity (Wildman–Crippen MR) is 76.6 cm³/mol. The summed E-state index contributed by atoms with van der Waals surface area (Å²) < 4.78 is 53.0. The number of sulfone groups is 2. The van der Waals surface area contributed by atoms with Crippen molar-refractivity contribution >= 4 is 25.4 Å². The fourth-order valence-electron chi connectivity index (χ4n) is 1.75. The van der Waals surface area contributed by atoms with Crippen LogP contribution in [0.25, 0.3) is 0 Å². The molecule has 0 aromatic heterocycles. The van der Waals surface area contributed by atoms with Crippen molar-refractivity contribution in [3.05, 3.63) is 34.4 Å². The van der Waals surface area contributed by atoms with E-state index in [-0.39, 0.29) is 17.4 Å². The summed E-state index contributed by atoms with van der Waals surface area (Å²) in [6.07, 6.45) is 0. The highest BCUT2D eigenvalue weighted by Crippen LogP contribution is 2.36. The second-order valence-corrected chi connectivity index (χ2v) is 8.84. The molecule has 1 aromatic rings. The fraction of sp³-hybridized carbons (Fsp3) is 0.333. The monoisotopic (exact) mass is 317 g/mol. The van der Waals surface area contributed by atoms with Crippen molar-refractivity contribution < 1.29 is 21.6 Å². The Morgan fingerprint density at radius 3 is 2.10 bits per heavy atom. The Kier molecular flexibility index (Phi) is 3.79. The zero-order chi connectivity index (χ0) is 15.0. The first kappa shape index (κ1) is 14.9. The van der Waals surface area contributed by atoms with Crippen LogP contribution in [0.4, 0.5) is 5.69 Å². The second kappa shape index (κ2) is 5.10. The molecule has 0 aliphatic carbocycles. The highest BCUT2D eigenvalue weighted by molar-refractivity contribution is 8.14. The van der Waals surface area contributed by atoms with Gasteiger partial charge in [0, 0.05) is 0 Å². The summed E-state index contributed by atoms with van der Waals surface area (Å²) >= 11 is 0. The summed E-state index contributed by atoms with van der Waals surface area (Å²) in [6.45, 7) is 2.78. The molecule has 0 amide bonds. The maximum atomic E-state index is 12.1. The van der Waals surface area contributed by atoms with Gasteiger partial charge in [0.15, 0.2) is 25.4 Å². The van der Waals surface area contributed by atoms with E-state index in [0.717, 1.165) is 0 Å². The molecule has 0 radical (unpaired) electrons. The lowest BCUT2D eigenvalue weighted by Gasteiger charge is -2.10. The van der Waals surface area contributed by atoms with Crippen LogP contribution in [0.3, 0.4) is 0 Å². The molecule has 1 N–H and O–H groups in total. The Morgan fingerprint density at radius 1 is 1.05 bits per heavy atom. The van der Waals surface area contributed by atoms with Gasteiger partial charge in [-0.25, -0.2) is 16.8 Å². The Bertz CT molecular complexity index is 700. The summed E-state index contributed by atoms with van der Waals surface area (Å²) in [7, 11) is -7.85. The maximum Gasteiger partial charge on any atom is 0.228 e. The predicted octanol–water partition coefficient (Wildman–Crippen LogP) is 1.49.